The van der Waals surface area contributed by atoms with Crippen LogP contribution >= 0.6 is 0 Å². The molecule has 3 aromatic rings. The topological polar surface area (TPSA) is 77.4 Å². The molecular weight excluding hydrogens is 408 g/mol. The molecule has 1 aromatic carbocycles. The third-order valence-corrected chi connectivity index (χ3v) is 5.87. The fraction of sp³-hybridized carbons (Fsp3) is 0.280. The van der Waals surface area contributed by atoms with Gasteiger partial charge in [-0.3, -0.25) is 4.79 Å². The maximum absolute atomic E-state index is 13.2. The molecule has 32 heavy (non-hydrogen) atoms. The molecule has 164 valence electrons. The molecule has 2 unspecified atom stereocenters. The van der Waals surface area contributed by atoms with Gasteiger partial charge < -0.3 is 18.3 Å². The molecule has 0 bridgehead atoms. The Kier molecular flexibility index (Phi) is 5.54. The average Bonchev–Trinajstić information content (AvgIpc) is 3.58. The second kappa shape index (κ2) is 8.78. The summed E-state index contributed by atoms with van der Waals surface area (Å²) in [5, 5.41) is 6.31. The van der Waals surface area contributed by atoms with Crippen molar-refractivity contribution in [2.45, 2.75) is 25.3 Å². The van der Waals surface area contributed by atoms with Gasteiger partial charge in [0.1, 0.15) is 29.1 Å². The number of carbonyl (C=O) groups excluding carboxylic acids is 1. The summed E-state index contributed by atoms with van der Waals surface area (Å²) >= 11 is 0. The summed E-state index contributed by atoms with van der Waals surface area (Å²) in [6.45, 7) is -0.121. The largest absolute Gasteiger partial charge is 0.497 e. The van der Waals surface area contributed by atoms with E-state index >= 15 is 0 Å². The third-order valence-electron chi connectivity index (χ3n) is 5.87. The molecule has 5 rings (SSSR count). The van der Waals surface area contributed by atoms with E-state index in [1.807, 2.05) is 30.3 Å². The number of furan rings is 2. The van der Waals surface area contributed by atoms with Crippen LogP contribution in [-0.4, -0.2) is 30.3 Å². The predicted molar refractivity (Wildman–Crippen MR) is 118 cm³/mol. The number of ether oxygens (including phenoxy) is 2. The van der Waals surface area contributed by atoms with Crippen LogP contribution in [0.15, 0.2) is 80.6 Å². The molecule has 0 radical (unpaired) electrons. The second-order valence-corrected chi connectivity index (χ2v) is 7.83. The smallest absolute Gasteiger partial charge is 0.281 e. The van der Waals surface area contributed by atoms with Gasteiger partial charge in [0.05, 0.1) is 25.3 Å². The van der Waals surface area contributed by atoms with Gasteiger partial charge in [-0.1, -0.05) is 0 Å². The average molecular weight is 432 g/mol. The predicted octanol–water partition coefficient (Wildman–Crippen LogP) is 5.08. The van der Waals surface area contributed by atoms with E-state index in [0.717, 1.165) is 47.8 Å². The Hall–Kier alpha value is -3.74. The Morgan fingerprint density at radius 2 is 1.91 bits per heavy atom. The van der Waals surface area contributed by atoms with Gasteiger partial charge >= 0.3 is 0 Å². The minimum atomic E-state index is -0.285. The lowest BCUT2D eigenvalue weighted by atomic mass is 9.79. The zero-order valence-electron chi connectivity index (χ0n) is 17.8. The van der Waals surface area contributed by atoms with Crippen LogP contribution in [-0.2, 0) is 4.79 Å². The number of allylic oxidation sites excluding steroid dienone is 1. The number of hydrazone groups is 1. The number of rotatable bonds is 6. The maximum atomic E-state index is 13.2. The van der Waals surface area contributed by atoms with E-state index in [-0.39, 0.29) is 24.5 Å². The van der Waals surface area contributed by atoms with Crippen LogP contribution in [0.3, 0.4) is 0 Å². The SMILES string of the molecule is COc1ccc(OCC(=O)N2N=C3/C(=C\c4ccco4)CCCC3C2c2ccco2)cc1. The third kappa shape index (κ3) is 3.93. The number of benzene rings is 1. The molecule has 0 saturated heterocycles. The van der Waals surface area contributed by atoms with Crippen molar-refractivity contribution in [1.82, 2.24) is 5.01 Å². The molecule has 3 heterocycles. The highest BCUT2D eigenvalue weighted by atomic mass is 16.5. The van der Waals surface area contributed by atoms with Gasteiger partial charge in [0.25, 0.3) is 5.91 Å². The van der Waals surface area contributed by atoms with E-state index in [1.165, 1.54) is 5.01 Å². The monoisotopic (exact) mass is 432 g/mol. The van der Waals surface area contributed by atoms with Gasteiger partial charge in [0.2, 0.25) is 0 Å². The Morgan fingerprint density at radius 1 is 1.12 bits per heavy atom. The lowest BCUT2D eigenvalue weighted by Crippen LogP contribution is -2.34. The summed E-state index contributed by atoms with van der Waals surface area (Å²) < 4.78 is 22.1. The Morgan fingerprint density at radius 3 is 2.62 bits per heavy atom. The van der Waals surface area contributed by atoms with E-state index in [1.54, 1.807) is 43.9 Å². The van der Waals surface area contributed by atoms with Gasteiger partial charge in [-0.25, -0.2) is 5.01 Å². The molecular formula is C25H24N2O5. The lowest BCUT2D eigenvalue weighted by Gasteiger charge is -2.27. The quantitative estimate of drug-likeness (QED) is 0.543. The first-order chi connectivity index (χ1) is 15.7. The van der Waals surface area contributed by atoms with Crippen molar-refractivity contribution in [2.75, 3.05) is 13.7 Å². The van der Waals surface area contributed by atoms with Crippen LogP contribution in [0.2, 0.25) is 0 Å². The maximum Gasteiger partial charge on any atom is 0.281 e. The van der Waals surface area contributed by atoms with E-state index in [4.69, 9.17) is 23.4 Å². The summed E-state index contributed by atoms with van der Waals surface area (Å²) in [5.41, 5.74) is 2.02. The first-order valence-electron chi connectivity index (χ1n) is 10.7. The molecule has 1 aliphatic heterocycles. The van der Waals surface area contributed by atoms with Crippen LogP contribution in [0.4, 0.5) is 0 Å². The highest BCUT2D eigenvalue weighted by molar-refractivity contribution is 6.08. The van der Waals surface area contributed by atoms with Gasteiger partial charge in [0, 0.05) is 5.92 Å². The van der Waals surface area contributed by atoms with Crippen molar-refractivity contribution in [3.63, 3.8) is 0 Å². The number of methoxy groups -OCH3 is 1. The Bertz CT molecular complexity index is 1110. The summed E-state index contributed by atoms with van der Waals surface area (Å²) in [6, 6.07) is 14.4. The summed E-state index contributed by atoms with van der Waals surface area (Å²) in [5.74, 6) is 2.68. The number of nitrogens with zero attached hydrogens (tertiary/aromatic N) is 2. The molecule has 1 saturated carbocycles. The fourth-order valence-electron chi connectivity index (χ4n) is 4.37. The van der Waals surface area contributed by atoms with E-state index in [0.29, 0.717) is 5.75 Å². The standard InChI is InChI=1S/C25H24N2O5/c1-29-18-9-11-19(12-10-18)32-16-23(28)27-25(22-8-4-14-31-22)21-7-2-5-17(24(21)26-27)15-20-6-3-13-30-20/h3-4,6,8-15,21,25H,2,5,7,16H2,1H3/b17-15-. The van der Waals surface area contributed by atoms with E-state index < -0.39 is 0 Å². The molecule has 2 aromatic heterocycles. The Balaban J connectivity index is 1.40. The van der Waals surface area contributed by atoms with Crippen LogP contribution in [0.5, 0.6) is 11.5 Å². The molecule has 1 amide bonds. The molecule has 2 atom stereocenters. The number of carbonyl (C=O) groups is 1. The second-order valence-electron chi connectivity index (χ2n) is 7.83. The molecule has 1 aliphatic carbocycles. The molecule has 2 aliphatic rings. The van der Waals surface area contributed by atoms with Crippen LogP contribution in [0, 0.1) is 5.92 Å². The van der Waals surface area contributed by atoms with Gasteiger partial charge in [-0.15, -0.1) is 0 Å². The van der Waals surface area contributed by atoms with E-state index in [9.17, 15) is 4.79 Å². The van der Waals surface area contributed by atoms with Crippen molar-refractivity contribution < 1.29 is 23.1 Å². The van der Waals surface area contributed by atoms with Crippen molar-refractivity contribution in [2.24, 2.45) is 11.0 Å². The fourth-order valence-corrected chi connectivity index (χ4v) is 4.37. The van der Waals surface area contributed by atoms with Crippen molar-refractivity contribution in [3.05, 3.63) is 78.2 Å². The molecule has 7 heteroatoms. The first kappa shape index (κ1) is 20.2. The minimum Gasteiger partial charge on any atom is -0.497 e. The van der Waals surface area contributed by atoms with Crippen LogP contribution in [0.1, 0.15) is 36.8 Å². The van der Waals surface area contributed by atoms with E-state index in [2.05, 4.69) is 0 Å². The number of amides is 1. The summed E-state index contributed by atoms with van der Waals surface area (Å²) in [4.78, 5) is 13.2. The molecule has 0 spiro atoms. The molecule has 1 fully saturated rings. The Labute approximate surface area is 185 Å². The highest BCUT2D eigenvalue weighted by Crippen LogP contribution is 2.44. The number of hydrogen-bond donors (Lipinski definition) is 0. The van der Waals surface area contributed by atoms with Crippen LogP contribution < -0.4 is 9.47 Å². The van der Waals surface area contributed by atoms with Crippen molar-refractivity contribution in [3.8, 4) is 11.5 Å². The molecule has 7 nitrogen and oxygen atoms in total. The van der Waals surface area contributed by atoms with Crippen molar-refractivity contribution >= 4 is 17.7 Å². The van der Waals surface area contributed by atoms with Crippen LogP contribution in [0.25, 0.3) is 6.08 Å². The number of hydrogen-bond acceptors (Lipinski definition) is 6. The zero-order chi connectivity index (χ0) is 21.9. The number of fused-ring (bicyclic) bond motifs is 1. The normalized spacial score (nSPS) is 21.3. The lowest BCUT2D eigenvalue weighted by molar-refractivity contribution is -0.136. The first-order valence-corrected chi connectivity index (χ1v) is 10.7. The van der Waals surface area contributed by atoms with Gasteiger partial charge in [-0.2, -0.15) is 5.10 Å². The molecule has 0 N–H and O–H groups in total. The summed E-state index contributed by atoms with van der Waals surface area (Å²) in [7, 11) is 1.61. The van der Waals surface area contributed by atoms with Gasteiger partial charge in [0.15, 0.2) is 6.61 Å². The van der Waals surface area contributed by atoms with Crippen molar-refractivity contribution in [1.29, 1.82) is 0 Å². The van der Waals surface area contributed by atoms with Gasteiger partial charge in [-0.05, 0) is 79.4 Å². The zero-order valence-corrected chi connectivity index (χ0v) is 17.8. The minimum absolute atomic E-state index is 0.0704. The highest BCUT2D eigenvalue weighted by Gasteiger charge is 2.45. The summed E-state index contributed by atoms with van der Waals surface area (Å²) in [6.07, 6.45) is 8.14.